The summed E-state index contributed by atoms with van der Waals surface area (Å²) in [6.45, 7) is 6.70. The molecule has 0 amide bonds. The summed E-state index contributed by atoms with van der Waals surface area (Å²) in [6, 6.07) is 8.58. The van der Waals surface area contributed by atoms with E-state index in [0.717, 1.165) is 26.2 Å². The first-order chi connectivity index (χ1) is 8.69. The van der Waals surface area contributed by atoms with Gasteiger partial charge >= 0.3 is 0 Å². The van der Waals surface area contributed by atoms with E-state index in [9.17, 15) is 0 Å². The highest BCUT2D eigenvalue weighted by Gasteiger charge is 2.31. The lowest BCUT2D eigenvalue weighted by atomic mass is 9.82. The van der Waals surface area contributed by atoms with Crippen molar-refractivity contribution in [3.63, 3.8) is 0 Å². The zero-order valence-electron chi connectivity index (χ0n) is 11.2. The normalized spacial score (nSPS) is 26.3. The third-order valence-corrected chi connectivity index (χ3v) is 4.04. The van der Waals surface area contributed by atoms with Crippen LogP contribution in [0.3, 0.4) is 0 Å². The second kappa shape index (κ2) is 4.41. The second-order valence-corrected chi connectivity index (χ2v) is 5.72. The second-order valence-electron chi connectivity index (χ2n) is 5.72. The monoisotopic (exact) mass is 243 g/mol. The van der Waals surface area contributed by atoms with E-state index in [4.69, 9.17) is 0 Å². The average Bonchev–Trinajstić information content (AvgIpc) is 2.71. The SMILES string of the molecule is CN1CCNCC(C)(c2c[nH]c3ccccc23)C1. The number of aromatic amines is 1. The fourth-order valence-electron chi connectivity index (χ4n) is 3.12. The maximum Gasteiger partial charge on any atom is 0.0457 e. The Hall–Kier alpha value is -1.32. The molecule has 0 radical (unpaired) electrons. The minimum atomic E-state index is 0.171. The highest BCUT2D eigenvalue weighted by Crippen LogP contribution is 2.31. The fraction of sp³-hybridized carbons (Fsp3) is 0.467. The quantitative estimate of drug-likeness (QED) is 0.802. The van der Waals surface area contributed by atoms with Crippen molar-refractivity contribution in [2.75, 3.05) is 33.2 Å². The minimum Gasteiger partial charge on any atom is -0.361 e. The molecule has 1 aliphatic rings. The van der Waals surface area contributed by atoms with Gasteiger partial charge in [0.25, 0.3) is 0 Å². The van der Waals surface area contributed by atoms with Crippen LogP contribution in [0.4, 0.5) is 0 Å². The Balaban J connectivity index is 2.06. The van der Waals surface area contributed by atoms with Crippen molar-refractivity contribution in [3.05, 3.63) is 36.0 Å². The van der Waals surface area contributed by atoms with Crippen LogP contribution in [-0.2, 0) is 5.41 Å². The molecule has 2 heterocycles. The average molecular weight is 243 g/mol. The van der Waals surface area contributed by atoms with Gasteiger partial charge in [-0.1, -0.05) is 25.1 Å². The Labute approximate surface area is 108 Å². The molecular formula is C15H21N3. The molecule has 18 heavy (non-hydrogen) atoms. The standard InChI is InChI=1S/C15H21N3/c1-15(10-16-7-8-18(2)11-15)13-9-17-14-6-4-3-5-12(13)14/h3-6,9,16-17H,7-8,10-11H2,1-2H3. The summed E-state index contributed by atoms with van der Waals surface area (Å²) >= 11 is 0. The number of likely N-dealkylation sites (N-methyl/N-ethyl adjacent to an activating group) is 1. The van der Waals surface area contributed by atoms with Gasteiger partial charge in [-0.15, -0.1) is 0 Å². The van der Waals surface area contributed by atoms with Gasteiger partial charge in [-0.3, -0.25) is 0 Å². The predicted octanol–water partition coefficient (Wildman–Crippen LogP) is 1.96. The van der Waals surface area contributed by atoms with Crippen molar-refractivity contribution >= 4 is 10.9 Å². The van der Waals surface area contributed by atoms with Gasteiger partial charge in [0.1, 0.15) is 0 Å². The van der Waals surface area contributed by atoms with Crippen LogP contribution in [0.1, 0.15) is 12.5 Å². The molecule has 3 heteroatoms. The Morgan fingerprint density at radius 3 is 3.00 bits per heavy atom. The smallest absolute Gasteiger partial charge is 0.0457 e. The Bertz CT molecular complexity index is 545. The first-order valence-electron chi connectivity index (χ1n) is 6.65. The first kappa shape index (κ1) is 11.8. The van der Waals surface area contributed by atoms with Crippen molar-refractivity contribution < 1.29 is 0 Å². The van der Waals surface area contributed by atoms with E-state index in [1.807, 2.05) is 0 Å². The summed E-state index contributed by atoms with van der Waals surface area (Å²) in [7, 11) is 2.21. The van der Waals surface area contributed by atoms with Crippen molar-refractivity contribution in [3.8, 4) is 0 Å². The number of aromatic nitrogens is 1. The number of hydrogen-bond donors (Lipinski definition) is 2. The molecule has 0 saturated carbocycles. The van der Waals surface area contributed by atoms with Gasteiger partial charge in [-0.2, -0.15) is 0 Å². The molecule has 0 aliphatic carbocycles. The largest absolute Gasteiger partial charge is 0.361 e. The van der Waals surface area contributed by atoms with Gasteiger partial charge in [0.15, 0.2) is 0 Å². The molecule has 1 aliphatic heterocycles. The van der Waals surface area contributed by atoms with Gasteiger partial charge in [-0.25, -0.2) is 0 Å². The molecule has 3 nitrogen and oxygen atoms in total. The highest BCUT2D eigenvalue weighted by molar-refractivity contribution is 5.84. The summed E-state index contributed by atoms with van der Waals surface area (Å²) in [5, 5.41) is 4.92. The molecule has 2 aromatic rings. The lowest BCUT2D eigenvalue weighted by Crippen LogP contribution is -2.39. The van der Waals surface area contributed by atoms with Crippen LogP contribution in [0.15, 0.2) is 30.5 Å². The van der Waals surface area contributed by atoms with E-state index in [2.05, 4.69) is 59.6 Å². The van der Waals surface area contributed by atoms with E-state index in [0.29, 0.717) is 0 Å². The Kier molecular flexibility index (Phi) is 2.88. The van der Waals surface area contributed by atoms with Crippen molar-refractivity contribution in [2.24, 2.45) is 0 Å². The molecular weight excluding hydrogens is 222 g/mol. The van der Waals surface area contributed by atoms with Crippen LogP contribution in [0.2, 0.25) is 0 Å². The summed E-state index contributed by atoms with van der Waals surface area (Å²) in [5.74, 6) is 0. The lowest BCUT2D eigenvalue weighted by Gasteiger charge is -2.31. The molecule has 1 saturated heterocycles. The number of benzene rings is 1. The number of nitrogens with one attached hydrogen (secondary N) is 2. The molecule has 2 N–H and O–H groups in total. The third kappa shape index (κ3) is 1.93. The summed E-state index contributed by atoms with van der Waals surface area (Å²) in [5.41, 5.74) is 2.84. The van der Waals surface area contributed by atoms with Gasteiger partial charge in [0.05, 0.1) is 0 Å². The van der Waals surface area contributed by atoms with Crippen LogP contribution in [0.25, 0.3) is 10.9 Å². The predicted molar refractivity (Wildman–Crippen MR) is 76.0 cm³/mol. The van der Waals surface area contributed by atoms with Gasteiger partial charge < -0.3 is 15.2 Å². The zero-order valence-corrected chi connectivity index (χ0v) is 11.2. The molecule has 96 valence electrons. The first-order valence-corrected chi connectivity index (χ1v) is 6.65. The molecule has 1 atom stereocenters. The van der Waals surface area contributed by atoms with Crippen molar-refractivity contribution in [1.29, 1.82) is 0 Å². The summed E-state index contributed by atoms with van der Waals surface area (Å²) < 4.78 is 0. The van der Waals surface area contributed by atoms with Crippen LogP contribution in [-0.4, -0.2) is 43.1 Å². The van der Waals surface area contributed by atoms with E-state index >= 15 is 0 Å². The number of rotatable bonds is 1. The van der Waals surface area contributed by atoms with E-state index in [1.165, 1.54) is 16.5 Å². The molecule has 1 unspecified atom stereocenters. The molecule has 0 bridgehead atoms. The van der Waals surface area contributed by atoms with Crippen molar-refractivity contribution in [2.45, 2.75) is 12.3 Å². The highest BCUT2D eigenvalue weighted by atomic mass is 15.1. The van der Waals surface area contributed by atoms with Crippen molar-refractivity contribution in [1.82, 2.24) is 15.2 Å². The molecule has 1 aromatic carbocycles. The fourth-order valence-corrected chi connectivity index (χ4v) is 3.12. The molecule has 1 aromatic heterocycles. The molecule has 0 spiro atoms. The van der Waals surface area contributed by atoms with Crippen LogP contribution in [0.5, 0.6) is 0 Å². The van der Waals surface area contributed by atoms with Crippen LogP contribution < -0.4 is 5.32 Å². The van der Waals surface area contributed by atoms with Crippen LogP contribution >= 0.6 is 0 Å². The molecule has 1 fully saturated rings. The van der Waals surface area contributed by atoms with E-state index < -0.39 is 0 Å². The number of hydrogen-bond acceptors (Lipinski definition) is 2. The maximum atomic E-state index is 3.57. The lowest BCUT2D eigenvalue weighted by molar-refractivity contribution is 0.291. The van der Waals surface area contributed by atoms with Crippen LogP contribution in [0, 0.1) is 0 Å². The van der Waals surface area contributed by atoms with E-state index in [-0.39, 0.29) is 5.41 Å². The zero-order chi connectivity index (χ0) is 12.6. The number of H-pyrrole nitrogens is 1. The molecule has 3 rings (SSSR count). The summed E-state index contributed by atoms with van der Waals surface area (Å²) in [6.07, 6.45) is 2.19. The van der Waals surface area contributed by atoms with Gasteiger partial charge in [0, 0.05) is 48.7 Å². The Morgan fingerprint density at radius 1 is 1.28 bits per heavy atom. The van der Waals surface area contributed by atoms with E-state index in [1.54, 1.807) is 0 Å². The topological polar surface area (TPSA) is 31.1 Å². The number of nitrogens with zero attached hydrogens (tertiary/aromatic N) is 1. The minimum absolute atomic E-state index is 0.171. The van der Waals surface area contributed by atoms with Gasteiger partial charge in [0.2, 0.25) is 0 Å². The number of fused-ring (bicyclic) bond motifs is 1. The number of para-hydroxylation sites is 1. The Morgan fingerprint density at radius 2 is 2.11 bits per heavy atom. The third-order valence-electron chi connectivity index (χ3n) is 4.04. The summed E-state index contributed by atoms with van der Waals surface area (Å²) in [4.78, 5) is 5.82. The van der Waals surface area contributed by atoms with Gasteiger partial charge in [-0.05, 0) is 18.7 Å². The maximum absolute atomic E-state index is 3.57.